The second-order valence-corrected chi connectivity index (χ2v) is 5.06. The van der Waals surface area contributed by atoms with Crippen molar-refractivity contribution in [3.8, 4) is 5.88 Å². The Bertz CT molecular complexity index is 922. The summed E-state index contributed by atoms with van der Waals surface area (Å²) in [5, 5.41) is 14.9. The first-order chi connectivity index (χ1) is 12.2. The molecule has 0 radical (unpaired) electrons. The number of hydrogen-bond acceptors (Lipinski definition) is 5. The van der Waals surface area contributed by atoms with Crippen molar-refractivity contribution in [2.75, 3.05) is 6.61 Å². The van der Waals surface area contributed by atoms with Gasteiger partial charge in [-0.25, -0.2) is 4.39 Å². The van der Waals surface area contributed by atoms with Gasteiger partial charge in [-0.15, -0.1) is 15.3 Å². The van der Waals surface area contributed by atoms with E-state index in [0.29, 0.717) is 29.5 Å². The van der Waals surface area contributed by atoms with Gasteiger partial charge in [-0.2, -0.15) is 4.52 Å². The number of ether oxygens (including phenoxy) is 1. The van der Waals surface area contributed by atoms with Crippen molar-refractivity contribution in [2.24, 2.45) is 0 Å². The van der Waals surface area contributed by atoms with E-state index in [1.165, 1.54) is 22.7 Å². The zero-order valence-corrected chi connectivity index (χ0v) is 13.5. The smallest absolute Gasteiger partial charge is 0.244 e. The number of hydrogen-bond donors (Lipinski definition) is 1. The molecule has 0 spiro atoms. The van der Waals surface area contributed by atoms with Gasteiger partial charge < -0.3 is 10.1 Å². The second-order valence-electron chi connectivity index (χ2n) is 5.06. The molecule has 7 nitrogen and oxygen atoms in total. The molecule has 0 aliphatic carbocycles. The summed E-state index contributed by atoms with van der Waals surface area (Å²) in [5.41, 5.74) is 0.892. The van der Waals surface area contributed by atoms with Gasteiger partial charge in [0.2, 0.25) is 11.8 Å². The van der Waals surface area contributed by atoms with E-state index >= 15 is 0 Å². The van der Waals surface area contributed by atoms with Crippen molar-refractivity contribution in [3.63, 3.8) is 0 Å². The third-order valence-electron chi connectivity index (χ3n) is 3.34. The van der Waals surface area contributed by atoms with Crippen LogP contribution in [-0.4, -0.2) is 32.3 Å². The number of rotatable bonds is 6. The van der Waals surface area contributed by atoms with Gasteiger partial charge in [-0.05, 0) is 25.1 Å². The molecule has 0 saturated carbocycles. The minimum absolute atomic E-state index is 0.129. The van der Waals surface area contributed by atoms with Crippen LogP contribution in [0.5, 0.6) is 5.88 Å². The van der Waals surface area contributed by atoms with Crippen LogP contribution in [-0.2, 0) is 11.3 Å². The Labute approximate surface area is 143 Å². The van der Waals surface area contributed by atoms with Gasteiger partial charge in [0.15, 0.2) is 11.5 Å². The largest absolute Gasteiger partial charge is 0.477 e. The van der Waals surface area contributed by atoms with E-state index in [1.54, 1.807) is 30.3 Å². The predicted molar refractivity (Wildman–Crippen MR) is 89.2 cm³/mol. The summed E-state index contributed by atoms with van der Waals surface area (Å²) < 4.78 is 20.3. The van der Waals surface area contributed by atoms with Gasteiger partial charge in [-0.3, -0.25) is 4.79 Å². The quantitative estimate of drug-likeness (QED) is 0.694. The highest BCUT2D eigenvalue weighted by Crippen LogP contribution is 2.10. The number of aromatic nitrogens is 4. The van der Waals surface area contributed by atoms with Crippen molar-refractivity contribution in [3.05, 3.63) is 59.7 Å². The van der Waals surface area contributed by atoms with Crippen molar-refractivity contribution in [1.82, 2.24) is 25.1 Å². The number of nitrogens with zero attached hydrogens (tertiary/aromatic N) is 4. The fraction of sp³-hybridized carbons (Fsp3) is 0.176. The number of amides is 1. The van der Waals surface area contributed by atoms with Crippen LogP contribution in [0.15, 0.2) is 42.5 Å². The molecule has 2 aromatic heterocycles. The molecular formula is C17H16FN5O2. The molecule has 0 aliphatic rings. The summed E-state index contributed by atoms with van der Waals surface area (Å²) in [5.74, 6) is 0.148. The Balaban J connectivity index is 1.67. The zero-order chi connectivity index (χ0) is 17.6. The third kappa shape index (κ3) is 3.97. The maximum absolute atomic E-state index is 13.5. The highest BCUT2D eigenvalue weighted by Gasteiger charge is 2.09. The molecule has 0 unspecified atom stereocenters. The summed E-state index contributed by atoms with van der Waals surface area (Å²) in [7, 11) is 0. The number of nitrogens with one attached hydrogen (secondary N) is 1. The summed E-state index contributed by atoms with van der Waals surface area (Å²) in [6, 6.07) is 9.64. The van der Waals surface area contributed by atoms with Gasteiger partial charge >= 0.3 is 0 Å². The third-order valence-corrected chi connectivity index (χ3v) is 3.34. The number of carbonyl (C=O) groups excluding carboxylic acids is 1. The molecule has 0 fully saturated rings. The van der Waals surface area contributed by atoms with Crippen LogP contribution in [0.3, 0.4) is 0 Å². The van der Waals surface area contributed by atoms with E-state index in [-0.39, 0.29) is 18.3 Å². The number of carbonyl (C=O) groups is 1. The molecule has 1 N–H and O–H groups in total. The summed E-state index contributed by atoms with van der Waals surface area (Å²) in [6.07, 6.45) is 2.68. The van der Waals surface area contributed by atoms with E-state index in [9.17, 15) is 9.18 Å². The van der Waals surface area contributed by atoms with Crippen LogP contribution in [0.1, 0.15) is 18.3 Å². The molecule has 2 heterocycles. The molecule has 25 heavy (non-hydrogen) atoms. The minimum atomic E-state index is -0.386. The summed E-state index contributed by atoms with van der Waals surface area (Å²) in [6.45, 7) is 2.48. The highest BCUT2D eigenvalue weighted by molar-refractivity contribution is 5.91. The lowest BCUT2D eigenvalue weighted by atomic mass is 10.2. The van der Waals surface area contributed by atoms with Gasteiger partial charge in [0, 0.05) is 17.7 Å². The van der Waals surface area contributed by atoms with E-state index < -0.39 is 0 Å². The normalized spacial score (nSPS) is 11.1. The van der Waals surface area contributed by atoms with Gasteiger partial charge in [0.1, 0.15) is 5.82 Å². The minimum Gasteiger partial charge on any atom is -0.477 e. The molecule has 0 saturated heterocycles. The van der Waals surface area contributed by atoms with Gasteiger partial charge in [0.25, 0.3) is 0 Å². The molecule has 1 aromatic carbocycles. The molecular weight excluding hydrogens is 325 g/mol. The van der Waals surface area contributed by atoms with E-state index in [0.717, 1.165) is 0 Å². The Kier molecular flexibility index (Phi) is 4.98. The molecule has 8 heteroatoms. The van der Waals surface area contributed by atoms with Crippen molar-refractivity contribution in [2.45, 2.75) is 13.5 Å². The first kappa shape index (κ1) is 16.6. The molecule has 3 aromatic rings. The van der Waals surface area contributed by atoms with Crippen molar-refractivity contribution < 1.29 is 13.9 Å². The van der Waals surface area contributed by atoms with E-state index in [4.69, 9.17) is 4.74 Å². The Morgan fingerprint density at radius 3 is 2.92 bits per heavy atom. The topological polar surface area (TPSA) is 81.4 Å². The average molecular weight is 341 g/mol. The fourth-order valence-corrected chi connectivity index (χ4v) is 2.15. The van der Waals surface area contributed by atoms with Gasteiger partial charge in [-0.1, -0.05) is 18.2 Å². The lowest BCUT2D eigenvalue weighted by Crippen LogP contribution is -2.22. The zero-order valence-electron chi connectivity index (χ0n) is 13.5. The van der Waals surface area contributed by atoms with E-state index in [1.807, 2.05) is 6.92 Å². The second kappa shape index (κ2) is 7.52. The van der Waals surface area contributed by atoms with Crippen molar-refractivity contribution >= 4 is 17.6 Å². The first-order valence-electron chi connectivity index (χ1n) is 7.72. The van der Waals surface area contributed by atoms with Crippen LogP contribution in [0.25, 0.3) is 11.7 Å². The van der Waals surface area contributed by atoms with Crippen LogP contribution in [0, 0.1) is 5.82 Å². The number of benzene rings is 1. The summed E-state index contributed by atoms with van der Waals surface area (Å²) in [4.78, 5) is 11.9. The monoisotopic (exact) mass is 341 g/mol. The lowest BCUT2D eigenvalue weighted by molar-refractivity contribution is -0.116. The molecule has 3 rings (SSSR count). The Hall–Kier alpha value is -3.29. The summed E-state index contributed by atoms with van der Waals surface area (Å²) >= 11 is 0. The fourth-order valence-electron chi connectivity index (χ4n) is 2.15. The number of fused-ring (bicyclic) bond motifs is 1. The SMILES string of the molecule is CCOc1ccc2nnc(CNC(=O)/C=C/c3ccccc3F)n2n1. The Morgan fingerprint density at radius 2 is 2.12 bits per heavy atom. The molecule has 0 bridgehead atoms. The van der Waals surface area contributed by atoms with Crippen LogP contribution < -0.4 is 10.1 Å². The Morgan fingerprint density at radius 1 is 1.28 bits per heavy atom. The molecule has 0 atom stereocenters. The molecule has 128 valence electrons. The maximum Gasteiger partial charge on any atom is 0.244 e. The van der Waals surface area contributed by atoms with Crippen LogP contribution >= 0.6 is 0 Å². The first-order valence-corrected chi connectivity index (χ1v) is 7.72. The van der Waals surface area contributed by atoms with Crippen LogP contribution in [0.2, 0.25) is 0 Å². The molecule has 1 amide bonds. The maximum atomic E-state index is 13.5. The van der Waals surface area contributed by atoms with E-state index in [2.05, 4.69) is 20.6 Å². The van der Waals surface area contributed by atoms with Gasteiger partial charge in [0.05, 0.1) is 13.2 Å². The average Bonchev–Trinajstić information content (AvgIpc) is 3.02. The molecule has 0 aliphatic heterocycles. The standard InChI is InChI=1S/C17H16FN5O2/c1-2-25-17-10-8-14-20-21-15(23(14)22-17)11-19-16(24)9-7-12-5-3-4-6-13(12)18/h3-10H,2,11H2,1H3,(H,19,24)/b9-7+. The highest BCUT2D eigenvalue weighted by atomic mass is 19.1. The number of halogens is 1. The predicted octanol–water partition coefficient (Wildman–Crippen LogP) is 1.99. The lowest BCUT2D eigenvalue weighted by Gasteiger charge is -2.03. The van der Waals surface area contributed by atoms with Crippen molar-refractivity contribution in [1.29, 1.82) is 0 Å². The van der Waals surface area contributed by atoms with Crippen LogP contribution in [0.4, 0.5) is 4.39 Å².